The molecule has 1 aliphatic rings. The van der Waals surface area contributed by atoms with E-state index in [0.29, 0.717) is 31.1 Å². The number of carbonyl (C=O) groups is 2. The van der Waals surface area contributed by atoms with Crippen LogP contribution >= 0.6 is 0 Å². The molecule has 184 valence electrons. The lowest BCUT2D eigenvalue weighted by Gasteiger charge is -2.21. The summed E-state index contributed by atoms with van der Waals surface area (Å²) < 4.78 is 43.6. The Bertz CT molecular complexity index is 1090. The normalized spacial score (nSPS) is 14.6. The molecule has 2 aromatic carbocycles. The number of anilines is 1. The first-order valence-electron chi connectivity index (χ1n) is 11.2. The third-order valence-electron chi connectivity index (χ3n) is 5.37. The van der Waals surface area contributed by atoms with Crippen LogP contribution in [0.3, 0.4) is 0 Å². The molecule has 0 radical (unpaired) electrons. The van der Waals surface area contributed by atoms with Crippen molar-refractivity contribution in [3.63, 3.8) is 0 Å². The zero-order valence-corrected chi connectivity index (χ0v) is 20.2. The minimum absolute atomic E-state index is 0.0167. The number of sulfonamides is 1. The Balaban J connectivity index is 1.67. The zero-order chi connectivity index (χ0) is 24.6. The molecule has 0 aromatic heterocycles. The molecule has 2 aromatic rings. The van der Waals surface area contributed by atoms with Crippen molar-refractivity contribution < 1.29 is 32.2 Å². The van der Waals surface area contributed by atoms with Gasteiger partial charge in [-0.15, -0.1) is 0 Å². The minimum Gasteiger partial charge on any atom is -0.495 e. The SMILES string of the molecule is CCOc1ccc(NC(=O)COC(=O)c2ccc(OC)c(S(=O)(=O)N3CCCCCC3)c2)cc1. The van der Waals surface area contributed by atoms with E-state index in [0.717, 1.165) is 25.7 Å². The molecule has 34 heavy (non-hydrogen) atoms. The number of amides is 1. The molecule has 0 bridgehead atoms. The number of rotatable bonds is 9. The van der Waals surface area contributed by atoms with Crippen LogP contribution in [-0.2, 0) is 19.6 Å². The summed E-state index contributed by atoms with van der Waals surface area (Å²) in [5, 5.41) is 2.63. The van der Waals surface area contributed by atoms with Crippen molar-refractivity contribution in [2.24, 2.45) is 0 Å². The molecule has 1 aliphatic heterocycles. The van der Waals surface area contributed by atoms with Crippen molar-refractivity contribution in [3.05, 3.63) is 48.0 Å². The summed E-state index contributed by atoms with van der Waals surface area (Å²) in [4.78, 5) is 24.7. The molecular formula is C24H30N2O7S. The number of methoxy groups -OCH3 is 1. The van der Waals surface area contributed by atoms with Crippen LogP contribution < -0.4 is 14.8 Å². The van der Waals surface area contributed by atoms with Crippen LogP contribution in [0.1, 0.15) is 43.0 Å². The standard InChI is InChI=1S/C24H30N2O7S/c1-3-32-20-11-9-19(10-12-20)25-23(27)17-33-24(28)18-8-13-21(31-2)22(16-18)34(29,30)26-14-6-4-5-7-15-26/h8-13,16H,3-7,14-15,17H2,1-2H3,(H,25,27). The molecule has 1 heterocycles. The highest BCUT2D eigenvalue weighted by atomic mass is 32.2. The lowest BCUT2D eigenvalue weighted by molar-refractivity contribution is -0.119. The highest BCUT2D eigenvalue weighted by molar-refractivity contribution is 7.89. The summed E-state index contributed by atoms with van der Waals surface area (Å²) in [6.45, 7) is 2.73. The first-order chi connectivity index (χ1) is 16.3. The zero-order valence-electron chi connectivity index (χ0n) is 19.4. The van der Waals surface area contributed by atoms with Crippen LogP contribution in [0.4, 0.5) is 5.69 Å². The molecule has 0 saturated carbocycles. The lowest BCUT2D eigenvalue weighted by Crippen LogP contribution is -2.32. The molecule has 1 saturated heterocycles. The number of hydrogen-bond donors (Lipinski definition) is 1. The van der Waals surface area contributed by atoms with E-state index in [4.69, 9.17) is 14.2 Å². The van der Waals surface area contributed by atoms with Gasteiger partial charge in [0.15, 0.2) is 6.61 Å². The van der Waals surface area contributed by atoms with Gasteiger partial charge >= 0.3 is 5.97 Å². The Morgan fingerprint density at radius 1 is 1.00 bits per heavy atom. The molecule has 1 fully saturated rings. The van der Waals surface area contributed by atoms with Crippen molar-refractivity contribution >= 4 is 27.6 Å². The molecule has 1 amide bonds. The van der Waals surface area contributed by atoms with Gasteiger partial charge in [0.05, 0.1) is 19.3 Å². The van der Waals surface area contributed by atoms with Crippen molar-refractivity contribution in [1.82, 2.24) is 4.31 Å². The first-order valence-corrected chi connectivity index (χ1v) is 12.7. The maximum absolute atomic E-state index is 13.2. The summed E-state index contributed by atoms with van der Waals surface area (Å²) in [5.41, 5.74) is 0.544. The fourth-order valence-electron chi connectivity index (χ4n) is 3.64. The molecule has 9 nitrogen and oxygen atoms in total. The van der Waals surface area contributed by atoms with E-state index in [1.165, 1.54) is 29.6 Å². The van der Waals surface area contributed by atoms with E-state index < -0.39 is 28.5 Å². The Morgan fingerprint density at radius 3 is 2.29 bits per heavy atom. The van der Waals surface area contributed by atoms with Crippen LogP contribution in [0.15, 0.2) is 47.4 Å². The Kier molecular flexibility index (Phi) is 8.89. The third kappa shape index (κ3) is 6.48. The summed E-state index contributed by atoms with van der Waals surface area (Å²) in [6.07, 6.45) is 3.53. The van der Waals surface area contributed by atoms with Crippen LogP contribution in [-0.4, -0.2) is 58.0 Å². The maximum atomic E-state index is 13.2. The van der Waals surface area contributed by atoms with Crippen LogP contribution in [0.2, 0.25) is 0 Å². The van der Waals surface area contributed by atoms with Gasteiger partial charge in [0.1, 0.15) is 16.4 Å². The van der Waals surface area contributed by atoms with E-state index in [9.17, 15) is 18.0 Å². The molecule has 1 N–H and O–H groups in total. The summed E-state index contributed by atoms with van der Waals surface area (Å²) in [6, 6.07) is 10.9. The smallest absolute Gasteiger partial charge is 0.338 e. The van der Waals surface area contributed by atoms with Gasteiger partial charge in [0.2, 0.25) is 10.0 Å². The van der Waals surface area contributed by atoms with E-state index in [2.05, 4.69) is 5.32 Å². The number of nitrogens with zero attached hydrogens (tertiary/aromatic N) is 1. The summed E-state index contributed by atoms with van der Waals surface area (Å²) in [7, 11) is -2.48. The third-order valence-corrected chi connectivity index (χ3v) is 7.29. The highest BCUT2D eigenvalue weighted by Gasteiger charge is 2.29. The molecule has 0 aliphatic carbocycles. The molecular weight excluding hydrogens is 460 g/mol. The van der Waals surface area contributed by atoms with E-state index in [1.54, 1.807) is 24.3 Å². The first kappa shape index (κ1) is 25.5. The Labute approximate surface area is 200 Å². The van der Waals surface area contributed by atoms with Crippen LogP contribution in [0.25, 0.3) is 0 Å². The van der Waals surface area contributed by atoms with Gasteiger partial charge in [-0.2, -0.15) is 4.31 Å². The second-order valence-electron chi connectivity index (χ2n) is 7.77. The van der Waals surface area contributed by atoms with Crippen LogP contribution in [0, 0.1) is 0 Å². The van der Waals surface area contributed by atoms with Gasteiger partial charge in [-0.05, 0) is 62.2 Å². The minimum atomic E-state index is -3.85. The van der Waals surface area contributed by atoms with Gasteiger partial charge in [-0.3, -0.25) is 4.79 Å². The quantitative estimate of drug-likeness (QED) is 0.536. The largest absolute Gasteiger partial charge is 0.495 e. The number of benzene rings is 2. The summed E-state index contributed by atoms with van der Waals surface area (Å²) >= 11 is 0. The van der Waals surface area contributed by atoms with Gasteiger partial charge in [-0.25, -0.2) is 13.2 Å². The van der Waals surface area contributed by atoms with Crippen LogP contribution in [0.5, 0.6) is 11.5 Å². The topological polar surface area (TPSA) is 111 Å². The number of nitrogens with one attached hydrogen (secondary N) is 1. The molecule has 0 atom stereocenters. The Morgan fingerprint density at radius 2 is 1.68 bits per heavy atom. The average molecular weight is 491 g/mol. The number of esters is 1. The molecule has 0 unspecified atom stereocenters. The van der Waals surface area contributed by atoms with Gasteiger partial charge in [-0.1, -0.05) is 12.8 Å². The molecule has 10 heteroatoms. The van der Waals surface area contributed by atoms with E-state index in [1.807, 2.05) is 6.92 Å². The fourth-order valence-corrected chi connectivity index (χ4v) is 5.34. The maximum Gasteiger partial charge on any atom is 0.338 e. The van der Waals surface area contributed by atoms with Crippen molar-refractivity contribution in [3.8, 4) is 11.5 Å². The van der Waals surface area contributed by atoms with E-state index >= 15 is 0 Å². The van der Waals surface area contributed by atoms with Crippen molar-refractivity contribution in [2.45, 2.75) is 37.5 Å². The predicted molar refractivity (Wildman–Crippen MR) is 127 cm³/mol. The fraction of sp³-hybridized carbons (Fsp3) is 0.417. The second-order valence-corrected chi connectivity index (χ2v) is 9.67. The number of hydrogen-bond acceptors (Lipinski definition) is 7. The number of carbonyl (C=O) groups excluding carboxylic acids is 2. The second kappa shape index (κ2) is 11.8. The lowest BCUT2D eigenvalue weighted by atomic mass is 10.2. The van der Waals surface area contributed by atoms with E-state index in [-0.39, 0.29) is 16.2 Å². The number of ether oxygens (including phenoxy) is 3. The van der Waals surface area contributed by atoms with Gasteiger partial charge < -0.3 is 19.5 Å². The molecule has 3 rings (SSSR count). The van der Waals surface area contributed by atoms with Crippen molar-refractivity contribution in [2.75, 3.05) is 38.7 Å². The monoisotopic (exact) mass is 490 g/mol. The summed E-state index contributed by atoms with van der Waals surface area (Å²) in [5.74, 6) is -0.508. The molecule has 0 spiro atoms. The van der Waals surface area contributed by atoms with Crippen molar-refractivity contribution in [1.29, 1.82) is 0 Å². The highest BCUT2D eigenvalue weighted by Crippen LogP contribution is 2.29. The average Bonchev–Trinajstić information content (AvgIpc) is 3.14. The Hall–Kier alpha value is -3.11. The predicted octanol–water partition coefficient (Wildman–Crippen LogP) is 3.45. The van der Waals surface area contributed by atoms with Gasteiger partial charge in [0.25, 0.3) is 5.91 Å². The van der Waals surface area contributed by atoms with Gasteiger partial charge in [0, 0.05) is 18.8 Å².